The van der Waals surface area contributed by atoms with E-state index in [1.54, 1.807) is 0 Å². The predicted molar refractivity (Wildman–Crippen MR) is 76.9 cm³/mol. The van der Waals surface area contributed by atoms with Crippen LogP contribution in [0, 0.1) is 0 Å². The van der Waals surface area contributed by atoms with Gasteiger partial charge in [0.15, 0.2) is 0 Å². The van der Waals surface area contributed by atoms with Crippen molar-refractivity contribution in [2.45, 2.75) is 56.1 Å². The molecule has 1 aromatic rings. The van der Waals surface area contributed by atoms with Gasteiger partial charge in [0.1, 0.15) is 0 Å². The van der Waals surface area contributed by atoms with E-state index in [9.17, 15) is 13.2 Å². The Kier molecular flexibility index (Phi) is 6.82. The lowest BCUT2D eigenvalue weighted by Gasteiger charge is -2.17. The summed E-state index contributed by atoms with van der Waals surface area (Å²) in [5.41, 5.74) is -0.701. The van der Waals surface area contributed by atoms with Crippen LogP contribution in [0.25, 0.3) is 0 Å². The lowest BCUT2D eigenvalue weighted by atomic mass is 10.2. The van der Waals surface area contributed by atoms with Gasteiger partial charge in [-0.2, -0.15) is 13.2 Å². The van der Waals surface area contributed by atoms with Gasteiger partial charge in [-0.25, -0.2) is 4.98 Å². The van der Waals surface area contributed by atoms with Crippen molar-refractivity contribution < 1.29 is 13.2 Å². The summed E-state index contributed by atoms with van der Waals surface area (Å²) in [5, 5.41) is 4.33. The molecule has 20 heavy (non-hydrogen) atoms. The van der Waals surface area contributed by atoms with E-state index in [2.05, 4.69) is 31.1 Å². The van der Waals surface area contributed by atoms with Gasteiger partial charge in [-0.15, -0.1) is 11.8 Å². The third-order valence-corrected chi connectivity index (χ3v) is 3.89. The molecule has 0 spiro atoms. The zero-order valence-electron chi connectivity index (χ0n) is 12.0. The molecule has 0 saturated carbocycles. The molecule has 0 radical (unpaired) electrons. The zero-order chi connectivity index (χ0) is 15.2. The van der Waals surface area contributed by atoms with Crippen LogP contribution < -0.4 is 5.32 Å². The molecule has 1 aromatic heterocycles. The molecule has 1 heterocycles. The van der Waals surface area contributed by atoms with E-state index in [1.165, 1.54) is 17.8 Å². The first-order valence-electron chi connectivity index (χ1n) is 6.76. The van der Waals surface area contributed by atoms with Crippen molar-refractivity contribution in [3.8, 4) is 0 Å². The van der Waals surface area contributed by atoms with Crippen LogP contribution in [0.4, 0.5) is 13.2 Å². The van der Waals surface area contributed by atoms with Crippen molar-refractivity contribution in [3.63, 3.8) is 0 Å². The van der Waals surface area contributed by atoms with E-state index in [0.29, 0.717) is 16.3 Å². The number of aromatic nitrogens is 1. The Labute approximate surface area is 122 Å². The van der Waals surface area contributed by atoms with Crippen molar-refractivity contribution in [2.24, 2.45) is 0 Å². The first-order valence-corrected chi connectivity index (χ1v) is 7.64. The summed E-state index contributed by atoms with van der Waals surface area (Å²) in [5.74, 6) is 0. The van der Waals surface area contributed by atoms with Gasteiger partial charge < -0.3 is 5.32 Å². The molecule has 2 atom stereocenters. The molecule has 0 saturated heterocycles. The normalized spacial score (nSPS) is 15.1. The van der Waals surface area contributed by atoms with Crippen molar-refractivity contribution in [2.75, 3.05) is 6.54 Å². The van der Waals surface area contributed by atoms with E-state index >= 15 is 0 Å². The average Bonchev–Trinajstić information content (AvgIpc) is 2.35. The summed E-state index contributed by atoms with van der Waals surface area (Å²) >= 11 is 1.51. The van der Waals surface area contributed by atoms with E-state index in [0.717, 1.165) is 31.6 Å². The molecule has 0 aliphatic heterocycles. The van der Waals surface area contributed by atoms with Crippen LogP contribution in [0.5, 0.6) is 0 Å². The number of nitrogens with zero attached hydrogens (tertiary/aromatic N) is 1. The largest absolute Gasteiger partial charge is 0.417 e. The Hall–Kier alpha value is -0.750. The van der Waals surface area contributed by atoms with Crippen LogP contribution in [0.2, 0.25) is 0 Å². The Morgan fingerprint density at radius 2 is 2.00 bits per heavy atom. The number of thioether (sulfide) groups is 1. The lowest BCUT2D eigenvalue weighted by molar-refractivity contribution is -0.137. The van der Waals surface area contributed by atoms with Gasteiger partial charge in [0.05, 0.1) is 10.6 Å². The maximum atomic E-state index is 12.4. The fourth-order valence-electron chi connectivity index (χ4n) is 1.84. The molecule has 0 aliphatic carbocycles. The Morgan fingerprint density at radius 1 is 1.30 bits per heavy atom. The minimum atomic E-state index is -4.32. The molecule has 0 bridgehead atoms. The van der Waals surface area contributed by atoms with Crippen LogP contribution in [-0.2, 0) is 6.18 Å². The van der Waals surface area contributed by atoms with Crippen molar-refractivity contribution in [1.29, 1.82) is 0 Å². The van der Waals surface area contributed by atoms with Crippen molar-refractivity contribution in [3.05, 3.63) is 23.9 Å². The molecule has 0 aromatic carbocycles. The van der Waals surface area contributed by atoms with Gasteiger partial charge in [0, 0.05) is 17.5 Å². The quantitative estimate of drug-likeness (QED) is 0.758. The summed E-state index contributed by atoms with van der Waals surface area (Å²) < 4.78 is 37.3. The first-order chi connectivity index (χ1) is 9.32. The number of rotatable bonds is 7. The summed E-state index contributed by atoms with van der Waals surface area (Å²) in [6.07, 6.45) is -1.38. The van der Waals surface area contributed by atoms with Crippen LogP contribution in [0.15, 0.2) is 23.4 Å². The van der Waals surface area contributed by atoms with Crippen molar-refractivity contribution in [1.82, 2.24) is 10.3 Å². The maximum absolute atomic E-state index is 12.4. The molecule has 114 valence electrons. The number of hydrogen-bond acceptors (Lipinski definition) is 3. The Balaban J connectivity index is 2.48. The van der Waals surface area contributed by atoms with E-state index < -0.39 is 11.7 Å². The SMILES string of the molecule is CCCNC(C)CC(C)Sc1ccc(C(F)(F)F)cn1. The minimum absolute atomic E-state index is 0.304. The van der Waals surface area contributed by atoms with Gasteiger partial charge >= 0.3 is 6.18 Å². The van der Waals surface area contributed by atoms with Crippen LogP contribution in [0.1, 0.15) is 39.2 Å². The summed E-state index contributed by atoms with van der Waals surface area (Å²) in [4.78, 5) is 3.88. The Bertz CT molecular complexity index is 392. The number of alkyl halides is 3. The van der Waals surface area contributed by atoms with Gasteiger partial charge in [-0.1, -0.05) is 13.8 Å². The minimum Gasteiger partial charge on any atom is -0.314 e. The molecule has 1 rings (SSSR count). The maximum Gasteiger partial charge on any atom is 0.417 e. The number of hydrogen-bond donors (Lipinski definition) is 1. The first kappa shape index (κ1) is 17.3. The summed E-state index contributed by atoms with van der Waals surface area (Å²) in [6.45, 7) is 7.28. The molecule has 0 fully saturated rings. The number of nitrogens with one attached hydrogen (secondary N) is 1. The van der Waals surface area contributed by atoms with Crippen LogP contribution >= 0.6 is 11.8 Å². The molecule has 6 heteroatoms. The topological polar surface area (TPSA) is 24.9 Å². The van der Waals surface area contributed by atoms with Gasteiger partial charge in [0.25, 0.3) is 0 Å². The van der Waals surface area contributed by atoms with Crippen molar-refractivity contribution >= 4 is 11.8 Å². The second-order valence-corrected chi connectivity index (χ2v) is 6.36. The number of pyridine rings is 1. The fraction of sp³-hybridized carbons (Fsp3) is 0.643. The van der Waals surface area contributed by atoms with E-state index in [-0.39, 0.29) is 0 Å². The molecular formula is C14H21F3N2S. The fourth-order valence-corrected chi connectivity index (χ4v) is 2.90. The summed E-state index contributed by atoms with van der Waals surface area (Å²) in [7, 11) is 0. The molecule has 2 unspecified atom stereocenters. The van der Waals surface area contributed by atoms with Crippen LogP contribution in [-0.4, -0.2) is 22.8 Å². The third-order valence-electron chi connectivity index (χ3n) is 2.81. The third kappa shape index (κ3) is 6.13. The standard InChI is InChI=1S/C14H21F3N2S/c1-4-7-18-10(2)8-11(3)20-13-6-5-12(9-19-13)14(15,16)17/h5-6,9-11,18H,4,7-8H2,1-3H3. The molecule has 0 aliphatic rings. The van der Waals surface area contributed by atoms with Gasteiger partial charge in [-0.3, -0.25) is 0 Å². The monoisotopic (exact) mass is 306 g/mol. The Morgan fingerprint density at radius 3 is 2.50 bits per heavy atom. The van der Waals surface area contributed by atoms with E-state index in [4.69, 9.17) is 0 Å². The molecule has 2 nitrogen and oxygen atoms in total. The highest BCUT2D eigenvalue weighted by Gasteiger charge is 2.30. The zero-order valence-corrected chi connectivity index (χ0v) is 12.8. The molecule has 1 N–H and O–H groups in total. The second kappa shape index (κ2) is 7.88. The smallest absolute Gasteiger partial charge is 0.314 e. The van der Waals surface area contributed by atoms with Crippen LogP contribution in [0.3, 0.4) is 0 Å². The predicted octanol–water partition coefficient (Wildman–Crippen LogP) is 4.36. The molecular weight excluding hydrogens is 285 g/mol. The highest BCUT2D eigenvalue weighted by atomic mass is 32.2. The highest BCUT2D eigenvalue weighted by molar-refractivity contribution is 7.99. The summed E-state index contributed by atoms with van der Waals surface area (Å²) in [6, 6.07) is 2.92. The van der Waals surface area contributed by atoms with Gasteiger partial charge in [-0.05, 0) is 38.4 Å². The number of halogens is 3. The van der Waals surface area contributed by atoms with E-state index in [1.807, 2.05) is 0 Å². The average molecular weight is 306 g/mol. The van der Waals surface area contributed by atoms with Gasteiger partial charge in [0.2, 0.25) is 0 Å². The lowest BCUT2D eigenvalue weighted by Crippen LogP contribution is -2.29. The highest BCUT2D eigenvalue weighted by Crippen LogP contribution is 2.30. The molecule has 0 amide bonds. The second-order valence-electron chi connectivity index (χ2n) is 4.90.